The fourth-order valence-electron chi connectivity index (χ4n) is 1.14. The van der Waals surface area contributed by atoms with Crippen LogP contribution in [0.4, 0.5) is 0 Å². The van der Waals surface area contributed by atoms with Crippen molar-refractivity contribution < 1.29 is 4.74 Å². The van der Waals surface area contributed by atoms with Crippen LogP contribution in [-0.4, -0.2) is 24.2 Å². The average Bonchev–Trinajstić information content (AvgIpc) is 2.60. The quantitative estimate of drug-likeness (QED) is 0.715. The van der Waals surface area contributed by atoms with Gasteiger partial charge in [0, 0.05) is 18.1 Å². The molecule has 2 heterocycles. The molecule has 0 radical (unpaired) electrons. The van der Waals surface area contributed by atoms with Crippen LogP contribution in [0.25, 0.3) is 0 Å². The Balaban J connectivity index is 1.90. The monoisotopic (exact) mass is 170 g/mol. The lowest BCUT2D eigenvalue weighted by molar-refractivity contribution is 0.222. The van der Waals surface area contributed by atoms with Crippen molar-refractivity contribution in [3.05, 3.63) is 11.6 Å². The van der Waals surface area contributed by atoms with Crippen LogP contribution >= 0.6 is 11.3 Å². The van der Waals surface area contributed by atoms with Crippen LogP contribution in [0.2, 0.25) is 0 Å². The van der Waals surface area contributed by atoms with Crippen LogP contribution in [0.3, 0.4) is 0 Å². The maximum atomic E-state index is 5.56. The molecule has 1 fully saturated rings. The van der Waals surface area contributed by atoms with Crippen LogP contribution < -0.4 is 10.1 Å². The summed E-state index contributed by atoms with van der Waals surface area (Å²) in [6.07, 6.45) is 3.20. The zero-order chi connectivity index (χ0) is 7.52. The zero-order valence-electron chi connectivity index (χ0n) is 6.12. The summed E-state index contributed by atoms with van der Waals surface area (Å²) in [5.74, 6) is 0. The van der Waals surface area contributed by atoms with Crippen molar-refractivity contribution in [1.82, 2.24) is 10.3 Å². The van der Waals surface area contributed by atoms with Crippen molar-refractivity contribution in [2.45, 2.75) is 12.5 Å². The summed E-state index contributed by atoms with van der Waals surface area (Å²) < 4.78 is 5.56. The molecule has 1 N–H and O–H groups in total. The first-order valence-electron chi connectivity index (χ1n) is 3.72. The smallest absolute Gasteiger partial charge is 0.273 e. The fraction of sp³-hybridized carbons (Fsp3) is 0.571. The molecule has 0 amide bonds. The number of aromatic nitrogens is 1. The predicted molar refractivity (Wildman–Crippen MR) is 44.0 cm³/mol. The number of thiazole rings is 1. The van der Waals surface area contributed by atoms with E-state index < -0.39 is 0 Å². The SMILES string of the molecule is c1csc(OC2CCNC2)n1. The van der Waals surface area contributed by atoms with Gasteiger partial charge in [0.2, 0.25) is 0 Å². The highest BCUT2D eigenvalue weighted by Gasteiger charge is 2.16. The Bertz CT molecular complexity index is 206. The zero-order valence-corrected chi connectivity index (χ0v) is 6.93. The molecule has 0 aromatic carbocycles. The second kappa shape index (κ2) is 3.19. The van der Waals surface area contributed by atoms with Crippen LogP contribution in [0.15, 0.2) is 11.6 Å². The van der Waals surface area contributed by atoms with Gasteiger partial charge in [0.05, 0.1) is 0 Å². The Morgan fingerprint density at radius 2 is 2.73 bits per heavy atom. The molecule has 1 aromatic rings. The molecule has 2 rings (SSSR count). The van der Waals surface area contributed by atoms with E-state index in [2.05, 4.69) is 10.3 Å². The van der Waals surface area contributed by atoms with E-state index in [1.165, 1.54) is 0 Å². The van der Waals surface area contributed by atoms with Gasteiger partial charge in [0.1, 0.15) is 6.10 Å². The number of ether oxygens (including phenoxy) is 1. The molecular weight excluding hydrogens is 160 g/mol. The van der Waals surface area contributed by atoms with E-state index in [1.807, 2.05) is 5.38 Å². The molecule has 1 atom stereocenters. The Morgan fingerprint density at radius 1 is 1.73 bits per heavy atom. The molecule has 1 unspecified atom stereocenters. The Kier molecular flexibility index (Phi) is 2.05. The summed E-state index contributed by atoms with van der Waals surface area (Å²) in [6, 6.07) is 0. The Labute approximate surface area is 69.4 Å². The van der Waals surface area contributed by atoms with Gasteiger partial charge in [-0.2, -0.15) is 0 Å². The van der Waals surface area contributed by atoms with Crippen LogP contribution in [0.1, 0.15) is 6.42 Å². The number of nitrogens with zero attached hydrogens (tertiary/aromatic N) is 1. The molecular formula is C7H10N2OS. The minimum absolute atomic E-state index is 0.334. The van der Waals surface area contributed by atoms with Gasteiger partial charge in [0.15, 0.2) is 0 Å². The Morgan fingerprint density at radius 3 is 3.36 bits per heavy atom. The van der Waals surface area contributed by atoms with Crippen molar-refractivity contribution in [2.24, 2.45) is 0 Å². The normalized spacial score (nSPS) is 23.8. The number of hydrogen-bond acceptors (Lipinski definition) is 4. The van der Waals surface area contributed by atoms with Gasteiger partial charge in [-0.05, 0) is 13.0 Å². The van der Waals surface area contributed by atoms with E-state index in [0.717, 1.165) is 24.7 Å². The van der Waals surface area contributed by atoms with E-state index in [9.17, 15) is 0 Å². The first-order valence-corrected chi connectivity index (χ1v) is 4.60. The first kappa shape index (κ1) is 7.06. The molecule has 1 aromatic heterocycles. The van der Waals surface area contributed by atoms with E-state index in [-0.39, 0.29) is 0 Å². The summed E-state index contributed by atoms with van der Waals surface area (Å²) in [7, 11) is 0. The molecule has 0 bridgehead atoms. The first-order chi connectivity index (χ1) is 5.45. The molecule has 4 heteroatoms. The second-order valence-electron chi connectivity index (χ2n) is 2.53. The van der Waals surface area contributed by atoms with Crippen molar-refractivity contribution in [1.29, 1.82) is 0 Å². The molecule has 1 aliphatic rings. The van der Waals surface area contributed by atoms with Gasteiger partial charge in [-0.3, -0.25) is 0 Å². The van der Waals surface area contributed by atoms with Crippen molar-refractivity contribution in [3.63, 3.8) is 0 Å². The molecule has 11 heavy (non-hydrogen) atoms. The van der Waals surface area contributed by atoms with Gasteiger partial charge in [0.25, 0.3) is 5.19 Å². The van der Waals surface area contributed by atoms with E-state index in [1.54, 1.807) is 17.5 Å². The Hall–Kier alpha value is -0.610. The number of rotatable bonds is 2. The van der Waals surface area contributed by atoms with Gasteiger partial charge >= 0.3 is 0 Å². The van der Waals surface area contributed by atoms with Crippen LogP contribution in [-0.2, 0) is 0 Å². The summed E-state index contributed by atoms with van der Waals surface area (Å²) in [4.78, 5) is 4.05. The lowest BCUT2D eigenvalue weighted by Crippen LogP contribution is -2.19. The van der Waals surface area contributed by atoms with Crippen molar-refractivity contribution in [2.75, 3.05) is 13.1 Å². The minimum atomic E-state index is 0.334. The standard InChI is InChI=1S/C7H10N2OS/c1-2-8-5-6(1)10-7-9-3-4-11-7/h3-4,6,8H,1-2,5H2. The van der Waals surface area contributed by atoms with Crippen LogP contribution in [0.5, 0.6) is 5.19 Å². The molecule has 3 nitrogen and oxygen atoms in total. The second-order valence-corrected chi connectivity index (χ2v) is 3.39. The summed E-state index contributed by atoms with van der Waals surface area (Å²) in [6.45, 7) is 2.02. The lowest BCUT2D eigenvalue weighted by atomic mass is 10.3. The van der Waals surface area contributed by atoms with E-state index in [0.29, 0.717) is 6.10 Å². The van der Waals surface area contributed by atoms with Crippen molar-refractivity contribution >= 4 is 11.3 Å². The molecule has 0 saturated carbocycles. The third kappa shape index (κ3) is 1.70. The van der Waals surface area contributed by atoms with E-state index >= 15 is 0 Å². The van der Waals surface area contributed by atoms with Gasteiger partial charge < -0.3 is 10.1 Å². The molecule has 1 aliphatic heterocycles. The maximum absolute atomic E-state index is 5.56. The molecule has 0 spiro atoms. The lowest BCUT2D eigenvalue weighted by Gasteiger charge is -2.07. The van der Waals surface area contributed by atoms with Gasteiger partial charge in [-0.25, -0.2) is 4.98 Å². The highest BCUT2D eigenvalue weighted by atomic mass is 32.1. The van der Waals surface area contributed by atoms with E-state index in [4.69, 9.17) is 4.74 Å². The predicted octanol–water partition coefficient (Wildman–Crippen LogP) is 0.884. The summed E-state index contributed by atoms with van der Waals surface area (Å²) >= 11 is 1.55. The molecule has 1 saturated heterocycles. The third-order valence-electron chi connectivity index (χ3n) is 1.69. The summed E-state index contributed by atoms with van der Waals surface area (Å²) in [5, 5.41) is 5.96. The largest absolute Gasteiger partial charge is 0.465 e. The molecule has 60 valence electrons. The average molecular weight is 170 g/mol. The van der Waals surface area contributed by atoms with Crippen molar-refractivity contribution in [3.8, 4) is 5.19 Å². The summed E-state index contributed by atoms with van der Waals surface area (Å²) in [5.41, 5.74) is 0. The minimum Gasteiger partial charge on any atom is -0.465 e. The van der Waals surface area contributed by atoms with Gasteiger partial charge in [-0.1, -0.05) is 11.3 Å². The highest BCUT2D eigenvalue weighted by Crippen LogP contribution is 2.17. The number of nitrogens with one attached hydrogen (secondary N) is 1. The fourth-order valence-corrected chi connectivity index (χ4v) is 1.69. The third-order valence-corrected chi connectivity index (χ3v) is 2.35. The molecule has 0 aliphatic carbocycles. The highest BCUT2D eigenvalue weighted by molar-refractivity contribution is 7.11. The topological polar surface area (TPSA) is 34.1 Å². The maximum Gasteiger partial charge on any atom is 0.273 e. The van der Waals surface area contributed by atoms with Gasteiger partial charge in [-0.15, -0.1) is 0 Å². The number of hydrogen-bond donors (Lipinski definition) is 1. The van der Waals surface area contributed by atoms with Crippen LogP contribution in [0, 0.1) is 0 Å².